The van der Waals surface area contributed by atoms with Crippen LogP contribution < -0.4 is 0 Å². The van der Waals surface area contributed by atoms with Gasteiger partial charge >= 0.3 is 0 Å². The molecule has 0 radical (unpaired) electrons. The predicted octanol–water partition coefficient (Wildman–Crippen LogP) is 1.45. The number of carbonyl (C=O) groups excluding carboxylic acids is 1. The van der Waals surface area contributed by atoms with Gasteiger partial charge in [-0.25, -0.2) is 0 Å². The highest BCUT2D eigenvalue weighted by Crippen LogP contribution is 2.37. The Kier molecular flexibility index (Phi) is 1.19. The summed E-state index contributed by atoms with van der Waals surface area (Å²) in [5.74, 6) is 0.198. The SMILES string of the molecule is C/C=C1/C(=O)N2C(C)=CCC12. The van der Waals surface area contributed by atoms with Crippen molar-refractivity contribution in [2.45, 2.75) is 26.3 Å². The summed E-state index contributed by atoms with van der Waals surface area (Å²) < 4.78 is 0. The predicted molar refractivity (Wildman–Crippen MR) is 42.8 cm³/mol. The van der Waals surface area contributed by atoms with Crippen LogP contribution in [0.15, 0.2) is 23.4 Å². The summed E-state index contributed by atoms with van der Waals surface area (Å²) in [5.41, 5.74) is 2.10. The van der Waals surface area contributed by atoms with E-state index in [9.17, 15) is 4.79 Å². The molecule has 2 heterocycles. The van der Waals surface area contributed by atoms with Crippen molar-refractivity contribution in [3.8, 4) is 0 Å². The van der Waals surface area contributed by atoms with E-state index in [1.807, 2.05) is 24.8 Å². The molecule has 2 aliphatic heterocycles. The van der Waals surface area contributed by atoms with Gasteiger partial charge in [0.1, 0.15) is 0 Å². The Hall–Kier alpha value is -1.05. The number of allylic oxidation sites excluding steroid dienone is 2. The molecule has 1 fully saturated rings. The third-order valence-corrected chi connectivity index (χ3v) is 2.46. The molecule has 0 aromatic rings. The second-order valence-electron chi connectivity index (χ2n) is 3.02. The zero-order valence-corrected chi connectivity index (χ0v) is 6.79. The highest BCUT2D eigenvalue weighted by atomic mass is 16.2. The molecule has 1 amide bonds. The number of hydrogen-bond acceptors (Lipinski definition) is 1. The van der Waals surface area contributed by atoms with Crippen LogP contribution in [0.4, 0.5) is 0 Å². The smallest absolute Gasteiger partial charge is 0.256 e. The van der Waals surface area contributed by atoms with Crippen molar-refractivity contribution in [2.75, 3.05) is 0 Å². The lowest BCUT2D eigenvalue weighted by molar-refractivity contribution is -0.133. The van der Waals surface area contributed by atoms with Gasteiger partial charge in [0.25, 0.3) is 5.91 Å². The number of amides is 1. The average molecular weight is 149 g/mol. The zero-order chi connectivity index (χ0) is 8.01. The summed E-state index contributed by atoms with van der Waals surface area (Å²) in [5, 5.41) is 0. The van der Waals surface area contributed by atoms with Crippen LogP contribution in [0, 0.1) is 0 Å². The minimum atomic E-state index is 0.198. The molecule has 1 unspecified atom stereocenters. The molecule has 0 N–H and O–H groups in total. The average Bonchev–Trinajstić information content (AvgIpc) is 2.28. The second-order valence-corrected chi connectivity index (χ2v) is 3.02. The van der Waals surface area contributed by atoms with Crippen LogP contribution in [0.25, 0.3) is 0 Å². The Balaban J connectivity index is 2.29. The van der Waals surface area contributed by atoms with Crippen LogP contribution in [0.3, 0.4) is 0 Å². The molecule has 0 aliphatic carbocycles. The van der Waals surface area contributed by atoms with Crippen LogP contribution in [-0.2, 0) is 4.79 Å². The first-order valence-electron chi connectivity index (χ1n) is 3.92. The molecule has 11 heavy (non-hydrogen) atoms. The van der Waals surface area contributed by atoms with Crippen molar-refractivity contribution in [1.29, 1.82) is 0 Å². The third-order valence-electron chi connectivity index (χ3n) is 2.46. The van der Waals surface area contributed by atoms with Crippen molar-refractivity contribution < 1.29 is 4.79 Å². The fourth-order valence-electron chi connectivity index (χ4n) is 1.83. The van der Waals surface area contributed by atoms with Gasteiger partial charge in [0.2, 0.25) is 0 Å². The maximum Gasteiger partial charge on any atom is 0.256 e. The fourth-order valence-corrected chi connectivity index (χ4v) is 1.83. The van der Waals surface area contributed by atoms with E-state index >= 15 is 0 Å². The molecule has 1 saturated heterocycles. The van der Waals surface area contributed by atoms with Crippen LogP contribution in [0.1, 0.15) is 20.3 Å². The van der Waals surface area contributed by atoms with E-state index in [0.717, 1.165) is 17.7 Å². The molecule has 0 spiro atoms. The topological polar surface area (TPSA) is 20.3 Å². The standard InChI is InChI=1S/C9H11NO/c1-3-7-8-5-4-6(2)10(8)9(7)11/h3-4,8H,5H2,1-2H3/b7-3+. The molecular weight excluding hydrogens is 138 g/mol. The van der Waals surface area contributed by atoms with Gasteiger partial charge in [-0.15, -0.1) is 0 Å². The van der Waals surface area contributed by atoms with E-state index in [2.05, 4.69) is 6.08 Å². The van der Waals surface area contributed by atoms with E-state index < -0.39 is 0 Å². The van der Waals surface area contributed by atoms with Gasteiger partial charge in [0, 0.05) is 11.3 Å². The molecule has 2 rings (SSSR count). The summed E-state index contributed by atoms with van der Waals surface area (Å²) in [7, 11) is 0. The van der Waals surface area contributed by atoms with Gasteiger partial charge in [-0.3, -0.25) is 4.79 Å². The van der Waals surface area contributed by atoms with Gasteiger partial charge < -0.3 is 4.90 Å². The minimum absolute atomic E-state index is 0.198. The first-order valence-corrected chi connectivity index (χ1v) is 3.92. The Morgan fingerprint density at radius 3 is 3.09 bits per heavy atom. The molecule has 2 aliphatic rings. The zero-order valence-electron chi connectivity index (χ0n) is 6.79. The maximum absolute atomic E-state index is 11.3. The summed E-state index contributed by atoms with van der Waals surface area (Å²) in [6.07, 6.45) is 5.06. The van der Waals surface area contributed by atoms with Crippen LogP contribution in [0.5, 0.6) is 0 Å². The molecule has 2 heteroatoms. The van der Waals surface area contributed by atoms with E-state index in [4.69, 9.17) is 0 Å². The minimum Gasteiger partial charge on any atom is -0.305 e. The molecule has 0 saturated carbocycles. The van der Waals surface area contributed by atoms with Crippen LogP contribution in [-0.4, -0.2) is 16.8 Å². The van der Waals surface area contributed by atoms with Gasteiger partial charge in [-0.05, 0) is 20.3 Å². The summed E-state index contributed by atoms with van der Waals surface area (Å²) in [6.45, 7) is 3.92. The Morgan fingerprint density at radius 2 is 2.45 bits per heavy atom. The highest BCUT2D eigenvalue weighted by Gasteiger charge is 2.44. The molecule has 0 bridgehead atoms. The summed E-state index contributed by atoms with van der Waals surface area (Å²) in [6, 6.07) is 0.382. The number of β-lactam (4-membered cyclic amide) rings is 1. The largest absolute Gasteiger partial charge is 0.305 e. The first-order chi connectivity index (χ1) is 5.25. The van der Waals surface area contributed by atoms with Gasteiger partial charge in [0.15, 0.2) is 0 Å². The molecule has 1 atom stereocenters. The van der Waals surface area contributed by atoms with Crippen molar-refractivity contribution in [2.24, 2.45) is 0 Å². The molecule has 2 nitrogen and oxygen atoms in total. The van der Waals surface area contributed by atoms with Gasteiger partial charge in [0.05, 0.1) is 6.04 Å². The van der Waals surface area contributed by atoms with Gasteiger partial charge in [-0.1, -0.05) is 12.2 Å². The molecule has 58 valence electrons. The number of carbonyl (C=O) groups is 1. The van der Waals surface area contributed by atoms with Crippen LogP contribution in [0.2, 0.25) is 0 Å². The number of rotatable bonds is 0. The van der Waals surface area contributed by atoms with E-state index in [1.165, 1.54) is 0 Å². The van der Waals surface area contributed by atoms with Crippen molar-refractivity contribution in [1.82, 2.24) is 4.90 Å². The molecular formula is C9H11NO. The fraction of sp³-hybridized carbons (Fsp3) is 0.444. The summed E-state index contributed by atoms with van der Waals surface area (Å²) >= 11 is 0. The Morgan fingerprint density at radius 1 is 1.73 bits per heavy atom. The van der Waals surface area contributed by atoms with Crippen molar-refractivity contribution >= 4 is 5.91 Å². The van der Waals surface area contributed by atoms with E-state index in [-0.39, 0.29) is 5.91 Å². The quantitative estimate of drug-likeness (QED) is 0.377. The lowest BCUT2D eigenvalue weighted by atomic mass is 9.95. The van der Waals surface area contributed by atoms with Gasteiger partial charge in [-0.2, -0.15) is 0 Å². The maximum atomic E-state index is 11.3. The Bertz CT molecular complexity index is 275. The normalized spacial score (nSPS) is 32.0. The summed E-state index contributed by atoms with van der Waals surface area (Å²) in [4.78, 5) is 13.2. The number of nitrogens with zero attached hydrogens (tertiary/aromatic N) is 1. The van der Waals surface area contributed by atoms with Crippen molar-refractivity contribution in [3.63, 3.8) is 0 Å². The van der Waals surface area contributed by atoms with E-state index in [0.29, 0.717) is 6.04 Å². The van der Waals surface area contributed by atoms with Crippen LogP contribution >= 0.6 is 0 Å². The monoisotopic (exact) mass is 149 g/mol. The Labute approximate surface area is 66.2 Å². The second kappa shape index (κ2) is 1.97. The van der Waals surface area contributed by atoms with Crippen molar-refractivity contribution in [3.05, 3.63) is 23.4 Å². The number of hydrogen-bond donors (Lipinski definition) is 0. The third kappa shape index (κ3) is 0.642. The van der Waals surface area contributed by atoms with E-state index in [1.54, 1.807) is 0 Å². The molecule has 0 aromatic carbocycles. The number of fused-ring (bicyclic) bond motifs is 1. The lowest BCUT2D eigenvalue weighted by Gasteiger charge is -2.38. The lowest BCUT2D eigenvalue weighted by Crippen LogP contribution is -2.50. The molecule has 0 aromatic heterocycles. The first kappa shape index (κ1) is 6.65. The highest BCUT2D eigenvalue weighted by molar-refractivity contribution is 6.03.